The lowest BCUT2D eigenvalue weighted by atomic mass is 9.95. The van der Waals surface area contributed by atoms with Gasteiger partial charge in [0.25, 0.3) is 5.69 Å². The van der Waals surface area contributed by atoms with Gasteiger partial charge in [-0.05, 0) is 32.8 Å². The molecule has 3 rings (SSSR count). The first-order chi connectivity index (χ1) is 13.9. The van der Waals surface area contributed by atoms with Gasteiger partial charge in [-0.1, -0.05) is 31.0 Å². The number of thioether (sulfide) groups is 1. The highest BCUT2D eigenvalue weighted by Gasteiger charge is 2.25. The number of nitro groups is 1. The van der Waals surface area contributed by atoms with Gasteiger partial charge < -0.3 is 14.6 Å². The molecule has 0 bridgehead atoms. The molecule has 0 aliphatic heterocycles. The number of ether oxygens (including phenoxy) is 1. The molecular weight excluding hydrogens is 394 g/mol. The zero-order valence-corrected chi connectivity index (χ0v) is 17.6. The van der Waals surface area contributed by atoms with Crippen LogP contribution in [0.25, 0.3) is 0 Å². The zero-order chi connectivity index (χ0) is 21.0. The van der Waals surface area contributed by atoms with E-state index in [0.29, 0.717) is 11.8 Å². The average Bonchev–Trinajstić information content (AvgIpc) is 3.08. The smallest absolute Gasteiger partial charge is 0.271 e. The van der Waals surface area contributed by atoms with E-state index in [-0.39, 0.29) is 17.3 Å². The van der Waals surface area contributed by atoms with Crippen molar-refractivity contribution in [2.45, 2.75) is 62.4 Å². The Morgan fingerprint density at radius 1 is 1.34 bits per heavy atom. The minimum absolute atomic E-state index is 0.117. The monoisotopic (exact) mass is 419 g/mol. The Morgan fingerprint density at radius 2 is 2.07 bits per heavy atom. The Labute approximate surface area is 173 Å². The fourth-order valence-electron chi connectivity index (χ4n) is 3.54. The lowest BCUT2D eigenvalue weighted by Crippen LogP contribution is -2.24. The Hall–Kier alpha value is -2.62. The van der Waals surface area contributed by atoms with Gasteiger partial charge in [0.05, 0.1) is 23.0 Å². The average molecular weight is 420 g/mol. The van der Waals surface area contributed by atoms with Gasteiger partial charge in [-0.3, -0.25) is 14.9 Å². The predicted octanol–water partition coefficient (Wildman–Crippen LogP) is 4.13. The molecule has 1 fully saturated rings. The van der Waals surface area contributed by atoms with Crippen molar-refractivity contribution >= 4 is 29.0 Å². The second kappa shape index (κ2) is 9.25. The molecule has 1 atom stereocenters. The number of non-ortho nitro benzene ring substituents is 1. The highest BCUT2D eigenvalue weighted by Crippen LogP contribution is 2.34. The number of carbonyl (C=O) groups excluding carboxylic acids is 1. The van der Waals surface area contributed by atoms with Gasteiger partial charge in [-0.25, -0.2) is 0 Å². The molecule has 29 heavy (non-hydrogen) atoms. The fourth-order valence-corrected chi connectivity index (χ4v) is 4.51. The van der Waals surface area contributed by atoms with Gasteiger partial charge >= 0.3 is 0 Å². The van der Waals surface area contributed by atoms with Crippen molar-refractivity contribution in [3.05, 3.63) is 34.1 Å². The third-order valence-electron chi connectivity index (χ3n) is 5.08. The standard InChI is InChI=1S/C19H25N5O4S/c1-12(18(25)20-16-11-15(24(26)27)9-10-17(16)28-3)29-19-22-21-13(2)23(19)14-7-5-4-6-8-14/h9-12,14H,4-8H2,1-3H3,(H,20,25)/t12-/m1/s1. The van der Waals surface area contributed by atoms with Crippen molar-refractivity contribution in [2.75, 3.05) is 12.4 Å². The molecule has 0 spiro atoms. The molecule has 1 N–H and O–H groups in total. The summed E-state index contributed by atoms with van der Waals surface area (Å²) in [6, 6.07) is 4.47. The number of nitrogens with one attached hydrogen (secondary N) is 1. The van der Waals surface area contributed by atoms with Crippen molar-refractivity contribution in [2.24, 2.45) is 0 Å². The SMILES string of the molecule is COc1ccc([N+](=O)[O-])cc1NC(=O)[C@@H](C)Sc1nnc(C)n1C1CCCCC1. The Balaban J connectivity index is 1.74. The first kappa shape index (κ1) is 21.1. The molecular formula is C19H25N5O4S. The molecule has 1 heterocycles. The topological polar surface area (TPSA) is 112 Å². The molecule has 1 aliphatic carbocycles. The molecule has 10 heteroatoms. The van der Waals surface area contributed by atoms with Gasteiger partial charge in [-0.2, -0.15) is 0 Å². The van der Waals surface area contributed by atoms with E-state index in [9.17, 15) is 14.9 Å². The molecule has 1 aromatic carbocycles. The first-order valence-corrected chi connectivity index (χ1v) is 10.5. The van der Waals surface area contributed by atoms with E-state index in [1.54, 1.807) is 6.92 Å². The van der Waals surface area contributed by atoms with E-state index in [1.807, 2.05) is 6.92 Å². The van der Waals surface area contributed by atoms with E-state index >= 15 is 0 Å². The summed E-state index contributed by atoms with van der Waals surface area (Å²) in [7, 11) is 1.45. The summed E-state index contributed by atoms with van der Waals surface area (Å²) in [6.07, 6.45) is 5.82. The van der Waals surface area contributed by atoms with Gasteiger partial charge in [0.15, 0.2) is 5.16 Å². The van der Waals surface area contributed by atoms with Gasteiger partial charge in [-0.15, -0.1) is 10.2 Å². The van der Waals surface area contributed by atoms with Crippen LogP contribution in [0.2, 0.25) is 0 Å². The fraction of sp³-hybridized carbons (Fsp3) is 0.526. The minimum Gasteiger partial charge on any atom is -0.495 e. The normalized spacial score (nSPS) is 15.7. The Morgan fingerprint density at radius 3 is 2.72 bits per heavy atom. The Kier molecular flexibility index (Phi) is 6.73. The maximum Gasteiger partial charge on any atom is 0.271 e. The number of hydrogen-bond donors (Lipinski definition) is 1. The molecule has 2 aromatic rings. The second-order valence-electron chi connectivity index (χ2n) is 7.08. The molecule has 1 amide bonds. The van der Waals surface area contributed by atoms with Crippen LogP contribution < -0.4 is 10.1 Å². The number of nitrogens with zero attached hydrogens (tertiary/aromatic N) is 4. The van der Waals surface area contributed by atoms with E-state index in [2.05, 4.69) is 20.1 Å². The predicted molar refractivity (Wildman–Crippen MR) is 110 cm³/mol. The summed E-state index contributed by atoms with van der Waals surface area (Å²) in [4.78, 5) is 23.3. The number of carbonyl (C=O) groups is 1. The van der Waals surface area contributed by atoms with E-state index in [1.165, 1.54) is 56.3 Å². The number of rotatable bonds is 7. The summed E-state index contributed by atoms with van der Waals surface area (Å²) in [6.45, 7) is 3.71. The van der Waals surface area contributed by atoms with E-state index in [0.717, 1.165) is 23.8 Å². The molecule has 0 saturated heterocycles. The largest absolute Gasteiger partial charge is 0.495 e. The number of aromatic nitrogens is 3. The highest BCUT2D eigenvalue weighted by atomic mass is 32.2. The lowest BCUT2D eigenvalue weighted by molar-refractivity contribution is -0.384. The minimum atomic E-state index is -0.511. The van der Waals surface area contributed by atoms with Crippen molar-refractivity contribution in [3.8, 4) is 5.75 Å². The molecule has 0 unspecified atom stereocenters. The number of hydrogen-bond acceptors (Lipinski definition) is 7. The van der Waals surface area contributed by atoms with E-state index in [4.69, 9.17) is 4.74 Å². The van der Waals surface area contributed by atoms with Crippen LogP contribution in [0.15, 0.2) is 23.4 Å². The van der Waals surface area contributed by atoms with E-state index < -0.39 is 10.2 Å². The van der Waals surface area contributed by atoms with Gasteiger partial charge in [0, 0.05) is 18.2 Å². The second-order valence-corrected chi connectivity index (χ2v) is 8.39. The molecule has 1 saturated carbocycles. The first-order valence-electron chi connectivity index (χ1n) is 9.62. The number of methoxy groups -OCH3 is 1. The number of aryl methyl sites for hydroxylation is 1. The zero-order valence-electron chi connectivity index (χ0n) is 16.8. The molecule has 9 nitrogen and oxygen atoms in total. The summed E-state index contributed by atoms with van der Waals surface area (Å²) in [5.41, 5.74) is 0.151. The van der Waals surface area contributed by atoms with Crippen LogP contribution in [-0.2, 0) is 4.79 Å². The van der Waals surface area contributed by atoms with Crippen molar-refractivity contribution < 1.29 is 14.5 Å². The number of amides is 1. The highest BCUT2D eigenvalue weighted by molar-refractivity contribution is 8.00. The summed E-state index contributed by atoms with van der Waals surface area (Å²) in [5.74, 6) is 0.930. The maximum absolute atomic E-state index is 12.7. The summed E-state index contributed by atoms with van der Waals surface area (Å²) in [5, 5.41) is 22.5. The van der Waals surface area contributed by atoms with Gasteiger partial charge in [0.2, 0.25) is 5.91 Å². The Bertz CT molecular complexity index is 895. The van der Waals surface area contributed by atoms with Crippen molar-refractivity contribution in [1.29, 1.82) is 0 Å². The molecule has 0 radical (unpaired) electrons. The number of anilines is 1. The lowest BCUT2D eigenvalue weighted by Gasteiger charge is -2.25. The van der Waals surface area contributed by atoms with Crippen molar-refractivity contribution in [3.63, 3.8) is 0 Å². The number of nitro benzene ring substituents is 1. The van der Waals surface area contributed by atoms with Crippen LogP contribution in [0.5, 0.6) is 5.75 Å². The van der Waals surface area contributed by atoms with Crippen LogP contribution in [0.1, 0.15) is 50.9 Å². The maximum atomic E-state index is 12.7. The van der Waals surface area contributed by atoms with Crippen molar-refractivity contribution in [1.82, 2.24) is 14.8 Å². The third-order valence-corrected chi connectivity index (χ3v) is 6.13. The number of benzene rings is 1. The van der Waals surface area contributed by atoms with Crippen LogP contribution in [0.4, 0.5) is 11.4 Å². The molecule has 1 aliphatic rings. The third kappa shape index (κ3) is 4.87. The quantitative estimate of drug-likeness (QED) is 0.408. The van der Waals surface area contributed by atoms with Gasteiger partial charge in [0.1, 0.15) is 11.6 Å². The van der Waals surface area contributed by atoms with Crippen LogP contribution in [-0.4, -0.2) is 38.0 Å². The van der Waals surface area contributed by atoms with Crippen LogP contribution in [0.3, 0.4) is 0 Å². The molecule has 1 aromatic heterocycles. The summed E-state index contributed by atoms with van der Waals surface area (Å²) >= 11 is 1.34. The van der Waals surface area contributed by atoms with Crippen LogP contribution >= 0.6 is 11.8 Å². The molecule has 156 valence electrons. The summed E-state index contributed by atoms with van der Waals surface area (Å²) < 4.78 is 7.35. The van der Waals surface area contributed by atoms with Crippen LogP contribution in [0, 0.1) is 17.0 Å².